The van der Waals surface area contributed by atoms with E-state index >= 15 is 0 Å². The third-order valence-corrected chi connectivity index (χ3v) is 2.65. The van der Waals surface area contributed by atoms with Crippen LogP contribution in [0.5, 0.6) is 0 Å². The second-order valence-electron chi connectivity index (χ2n) is 4.45. The monoisotopic (exact) mass is 263 g/mol. The molecule has 4 N–H and O–H groups in total. The van der Waals surface area contributed by atoms with Gasteiger partial charge in [-0.25, -0.2) is 0 Å². The Balaban J connectivity index is 2.76. The van der Waals surface area contributed by atoms with E-state index in [0.717, 1.165) is 6.42 Å². The van der Waals surface area contributed by atoms with Crippen LogP contribution in [0.4, 0.5) is 0 Å². The second-order valence-corrected chi connectivity index (χ2v) is 4.45. The fourth-order valence-corrected chi connectivity index (χ4v) is 1.51. The molecule has 0 fully saturated rings. The van der Waals surface area contributed by atoms with Crippen LogP contribution in [0, 0.1) is 0 Å². The molecule has 1 aromatic carbocycles. The van der Waals surface area contributed by atoms with E-state index in [9.17, 15) is 9.59 Å². The summed E-state index contributed by atoms with van der Waals surface area (Å²) in [6, 6.07) is 6.56. The van der Waals surface area contributed by atoms with Crippen LogP contribution in [0.2, 0.25) is 0 Å². The van der Waals surface area contributed by atoms with E-state index in [1.807, 2.05) is 13.8 Å². The van der Waals surface area contributed by atoms with Gasteiger partial charge in [-0.3, -0.25) is 9.59 Å². The number of benzene rings is 1. The second kappa shape index (κ2) is 7.53. The van der Waals surface area contributed by atoms with Crippen LogP contribution in [0.3, 0.4) is 0 Å². The number of hydrogen-bond acceptors (Lipinski definition) is 3. The highest BCUT2D eigenvalue weighted by atomic mass is 16.2. The minimum atomic E-state index is -0.219. The third kappa shape index (κ3) is 4.71. The van der Waals surface area contributed by atoms with Crippen molar-refractivity contribution < 1.29 is 9.59 Å². The first kappa shape index (κ1) is 15.2. The van der Waals surface area contributed by atoms with Crippen LogP contribution >= 0.6 is 0 Å². The maximum absolute atomic E-state index is 11.9. The number of nitrogens with one attached hydrogen (secondary N) is 2. The topological polar surface area (TPSA) is 84.2 Å². The minimum absolute atomic E-state index is 0.0925. The smallest absolute Gasteiger partial charge is 0.251 e. The quantitative estimate of drug-likeness (QED) is 0.713. The molecule has 0 spiro atoms. The Bertz CT molecular complexity index is 446. The van der Waals surface area contributed by atoms with Crippen LogP contribution in [-0.4, -0.2) is 30.9 Å². The fourth-order valence-electron chi connectivity index (χ4n) is 1.51. The Kier molecular flexibility index (Phi) is 6.02. The lowest BCUT2D eigenvalue weighted by Gasteiger charge is -2.11. The molecule has 19 heavy (non-hydrogen) atoms. The average Bonchev–Trinajstić information content (AvgIpc) is 2.44. The van der Waals surface area contributed by atoms with Gasteiger partial charge in [0.1, 0.15) is 0 Å². The van der Waals surface area contributed by atoms with Gasteiger partial charge in [-0.2, -0.15) is 0 Å². The summed E-state index contributed by atoms with van der Waals surface area (Å²) in [4.78, 5) is 23.7. The van der Waals surface area contributed by atoms with E-state index in [1.165, 1.54) is 0 Å². The van der Waals surface area contributed by atoms with Gasteiger partial charge in [0.2, 0.25) is 0 Å². The summed E-state index contributed by atoms with van der Waals surface area (Å²) in [5, 5.41) is 5.54. The Labute approximate surface area is 113 Å². The first-order chi connectivity index (χ1) is 9.08. The molecule has 0 bridgehead atoms. The van der Waals surface area contributed by atoms with Gasteiger partial charge >= 0.3 is 0 Å². The normalized spacial score (nSPS) is 11.7. The molecule has 2 amide bonds. The molecule has 0 aliphatic rings. The van der Waals surface area contributed by atoms with E-state index < -0.39 is 0 Å². The van der Waals surface area contributed by atoms with Gasteiger partial charge < -0.3 is 16.4 Å². The molecule has 0 heterocycles. The average molecular weight is 263 g/mol. The highest BCUT2D eigenvalue weighted by Crippen LogP contribution is 2.05. The maximum Gasteiger partial charge on any atom is 0.251 e. The van der Waals surface area contributed by atoms with Crippen molar-refractivity contribution in [2.75, 3.05) is 13.1 Å². The van der Waals surface area contributed by atoms with Crippen molar-refractivity contribution in [3.63, 3.8) is 0 Å². The van der Waals surface area contributed by atoms with Crippen molar-refractivity contribution >= 4 is 11.8 Å². The predicted molar refractivity (Wildman–Crippen MR) is 75.0 cm³/mol. The van der Waals surface area contributed by atoms with Crippen LogP contribution in [0.15, 0.2) is 24.3 Å². The lowest BCUT2D eigenvalue weighted by atomic mass is 10.1. The van der Waals surface area contributed by atoms with Crippen molar-refractivity contribution in [1.82, 2.24) is 10.6 Å². The largest absolute Gasteiger partial charge is 0.352 e. The van der Waals surface area contributed by atoms with Gasteiger partial charge in [0.05, 0.1) is 0 Å². The molecule has 104 valence electrons. The minimum Gasteiger partial charge on any atom is -0.352 e. The summed E-state index contributed by atoms with van der Waals surface area (Å²) in [7, 11) is 0. The molecule has 1 rings (SSSR count). The number of carbonyl (C=O) groups is 2. The zero-order valence-corrected chi connectivity index (χ0v) is 11.4. The molecule has 0 aliphatic carbocycles. The fraction of sp³-hybridized carbons (Fsp3) is 0.429. The van der Waals surface area contributed by atoms with Crippen LogP contribution in [0.1, 0.15) is 41.0 Å². The van der Waals surface area contributed by atoms with Crippen LogP contribution in [-0.2, 0) is 0 Å². The SMILES string of the molecule is CCCNC(=O)c1cccc(C(=O)N[C@@H](C)CN)c1. The molecule has 0 saturated carbocycles. The van der Waals surface area contributed by atoms with E-state index in [0.29, 0.717) is 24.2 Å². The number of nitrogens with two attached hydrogens (primary N) is 1. The Morgan fingerprint density at radius 3 is 2.47 bits per heavy atom. The summed E-state index contributed by atoms with van der Waals surface area (Å²) < 4.78 is 0. The Morgan fingerprint density at radius 1 is 1.26 bits per heavy atom. The molecule has 1 atom stereocenters. The lowest BCUT2D eigenvalue weighted by molar-refractivity contribution is 0.0941. The molecule has 1 aromatic rings. The lowest BCUT2D eigenvalue weighted by Crippen LogP contribution is -2.37. The van der Waals surface area contributed by atoms with Gasteiger partial charge in [-0.15, -0.1) is 0 Å². The molecular weight excluding hydrogens is 242 g/mol. The van der Waals surface area contributed by atoms with Crippen molar-refractivity contribution in [2.45, 2.75) is 26.3 Å². The predicted octanol–water partition coefficient (Wildman–Crippen LogP) is 0.903. The molecule has 0 saturated heterocycles. The Hall–Kier alpha value is -1.88. The van der Waals surface area contributed by atoms with Gasteiger partial charge in [-0.1, -0.05) is 13.0 Å². The third-order valence-electron chi connectivity index (χ3n) is 2.65. The van der Waals surface area contributed by atoms with Crippen LogP contribution in [0.25, 0.3) is 0 Å². The van der Waals surface area contributed by atoms with Gasteiger partial charge in [-0.05, 0) is 31.5 Å². The zero-order chi connectivity index (χ0) is 14.3. The molecule has 5 heteroatoms. The number of amides is 2. The summed E-state index contributed by atoms with van der Waals surface area (Å²) in [6.07, 6.45) is 0.875. The van der Waals surface area contributed by atoms with Gasteiger partial charge in [0.25, 0.3) is 11.8 Å². The van der Waals surface area contributed by atoms with Gasteiger partial charge in [0, 0.05) is 30.3 Å². The number of hydrogen-bond donors (Lipinski definition) is 3. The summed E-state index contributed by atoms with van der Waals surface area (Å²) in [6.45, 7) is 4.82. The maximum atomic E-state index is 11.9. The number of carbonyl (C=O) groups excluding carboxylic acids is 2. The Morgan fingerprint density at radius 2 is 1.89 bits per heavy atom. The molecule has 0 aromatic heterocycles. The summed E-state index contributed by atoms with van der Waals surface area (Å²) in [5.41, 5.74) is 6.40. The van der Waals surface area contributed by atoms with E-state index in [4.69, 9.17) is 5.73 Å². The first-order valence-corrected chi connectivity index (χ1v) is 6.47. The van der Waals surface area contributed by atoms with Crippen molar-refractivity contribution in [3.8, 4) is 0 Å². The number of rotatable bonds is 6. The molecule has 0 aliphatic heterocycles. The molecule has 0 unspecified atom stereocenters. The van der Waals surface area contributed by atoms with E-state index in [-0.39, 0.29) is 17.9 Å². The molecule has 5 nitrogen and oxygen atoms in total. The van der Waals surface area contributed by atoms with Crippen LogP contribution < -0.4 is 16.4 Å². The van der Waals surface area contributed by atoms with Crippen molar-refractivity contribution in [3.05, 3.63) is 35.4 Å². The molecule has 0 radical (unpaired) electrons. The first-order valence-electron chi connectivity index (χ1n) is 6.47. The van der Waals surface area contributed by atoms with Gasteiger partial charge in [0.15, 0.2) is 0 Å². The van der Waals surface area contributed by atoms with E-state index in [1.54, 1.807) is 24.3 Å². The summed E-state index contributed by atoms with van der Waals surface area (Å²) >= 11 is 0. The highest BCUT2D eigenvalue weighted by Gasteiger charge is 2.11. The van der Waals surface area contributed by atoms with E-state index in [2.05, 4.69) is 10.6 Å². The summed E-state index contributed by atoms with van der Waals surface area (Å²) in [5.74, 6) is -0.383. The molecular formula is C14H21N3O2. The highest BCUT2D eigenvalue weighted by molar-refractivity contribution is 5.99. The van der Waals surface area contributed by atoms with Crippen molar-refractivity contribution in [2.24, 2.45) is 5.73 Å². The standard InChI is InChI=1S/C14H21N3O2/c1-3-7-16-13(18)11-5-4-6-12(8-11)14(19)17-10(2)9-15/h4-6,8,10H,3,7,9,15H2,1-2H3,(H,16,18)(H,17,19)/t10-/m0/s1. The van der Waals surface area contributed by atoms with Crippen molar-refractivity contribution in [1.29, 1.82) is 0 Å². The zero-order valence-electron chi connectivity index (χ0n) is 11.4.